The van der Waals surface area contributed by atoms with Crippen molar-refractivity contribution in [2.75, 3.05) is 5.32 Å². The Morgan fingerprint density at radius 1 is 0.943 bits per heavy atom. The zero-order chi connectivity index (χ0) is 24.4. The lowest BCUT2D eigenvalue weighted by Crippen LogP contribution is -2.48. The van der Waals surface area contributed by atoms with Crippen LogP contribution in [0.15, 0.2) is 54.6 Å². The maximum absolute atomic E-state index is 13.1. The number of benzene rings is 2. The van der Waals surface area contributed by atoms with Gasteiger partial charge in [-0.05, 0) is 90.9 Å². The number of hydrogen-bond acceptors (Lipinski definition) is 3. The van der Waals surface area contributed by atoms with E-state index in [1.165, 1.54) is 44.1 Å². The number of nitrogens with one attached hydrogen (secondary N) is 2. The van der Waals surface area contributed by atoms with Crippen molar-refractivity contribution in [3.8, 4) is 0 Å². The highest BCUT2D eigenvalue weighted by molar-refractivity contribution is 5.96. The Labute approximate surface area is 209 Å². The van der Waals surface area contributed by atoms with Gasteiger partial charge in [-0.3, -0.25) is 4.79 Å². The molecule has 0 aromatic heterocycles. The fourth-order valence-electron chi connectivity index (χ4n) is 7.18. The Balaban J connectivity index is 1.21. The van der Waals surface area contributed by atoms with Gasteiger partial charge in [0.1, 0.15) is 12.6 Å². The number of rotatable bonds is 8. The molecule has 2 atom stereocenters. The minimum atomic E-state index is -0.661. The van der Waals surface area contributed by atoms with Crippen molar-refractivity contribution >= 4 is 17.7 Å². The van der Waals surface area contributed by atoms with Crippen LogP contribution in [-0.4, -0.2) is 18.0 Å². The van der Waals surface area contributed by atoms with Crippen LogP contribution in [0.4, 0.5) is 10.5 Å². The summed E-state index contributed by atoms with van der Waals surface area (Å²) < 4.78 is 5.36. The summed E-state index contributed by atoms with van der Waals surface area (Å²) in [7, 11) is 0. The van der Waals surface area contributed by atoms with Crippen molar-refractivity contribution < 1.29 is 14.3 Å². The van der Waals surface area contributed by atoms with E-state index in [0.717, 1.165) is 35.4 Å². The van der Waals surface area contributed by atoms with Gasteiger partial charge >= 0.3 is 6.09 Å². The molecule has 0 saturated heterocycles. The van der Waals surface area contributed by atoms with Gasteiger partial charge in [0.15, 0.2) is 0 Å². The van der Waals surface area contributed by atoms with Crippen LogP contribution in [0.2, 0.25) is 0 Å². The van der Waals surface area contributed by atoms with Crippen LogP contribution in [0.5, 0.6) is 0 Å². The lowest BCUT2D eigenvalue weighted by Gasteiger charge is -2.57. The van der Waals surface area contributed by atoms with Gasteiger partial charge in [0, 0.05) is 5.69 Å². The SMILES string of the molecule is CC[C@H](C)[C@H](NC(=O)OCc1ccccc1)C(=O)Nc1ccc(C23CC4CC(CC(C4)C2)C3)cc1. The molecular formula is C30H38N2O3. The summed E-state index contributed by atoms with van der Waals surface area (Å²) in [6.07, 6.45) is 8.48. The minimum absolute atomic E-state index is 0.0226. The Morgan fingerprint density at radius 2 is 1.54 bits per heavy atom. The minimum Gasteiger partial charge on any atom is -0.445 e. The Hall–Kier alpha value is -2.82. The monoisotopic (exact) mass is 474 g/mol. The van der Waals surface area contributed by atoms with Crippen molar-refractivity contribution in [2.24, 2.45) is 23.7 Å². The third kappa shape index (κ3) is 5.24. The van der Waals surface area contributed by atoms with E-state index in [1.54, 1.807) is 0 Å². The fourth-order valence-corrected chi connectivity index (χ4v) is 7.18. The number of hydrogen-bond donors (Lipinski definition) is 2. The highest BCUT2D eigenvalue weighted by atomic mass is 16.5. The largest absolute Gasteiger partial charge is 0.445 e. The molecule has 4 aliphatic carbocycles. The summed E-state index contributed by atoms with van der Waals surface area (Å²) in [5, 5.41) is 5.81. The summed E-state index contributed by atoms with van der Waals surface area (Å²) in [5.74, 6) is 2.49. The molecule has 2 amide bonds. The molecule has 0 unspecified atom stereocenters. The van der Waals surface area contributed by atoms with Gasteiger partial charge in [0.25, 0.3) is 0 Å². The topological polar surface area (TPSA) is 67.4 Å². The second-order valence-corrected chi connectivity index (χ2v) is 11.3. The summed E-state index contributed by atoms with van der Waals surface area (Å²) in [5.41, 5.74) is 3.47. The molecule has 2 aromatic rings. The van der Waals surface area contributed by atoms with E-state index in [4.69, 9.17) is 4.74 Å². The first-order valence-electron chi connectivity index (χ1n) is 13.3. The molecule has 2 N–H and O–H groups in total. The Bertz CT molecular complexity index is 998. The fraction of sp³-hybridized carbons (Fsp3) is 0.533. The Morgan fingerprint density at radius 3 is 2.11 bits per heavy atom. The average Bonchev–Trinajstić information content (AvgIpc) is 2.85. The maximum atomic E-state index is 13.1. The van der Waals surface area contributed by atoms with Crippen LogP contribution < -0.4 is 10.6 Å². The third-order valence-electron chi connectivity index (χ3n) is 8.78. The van der Waals surface area contributed by atoms with Gasteiger partial charge in [-0.15, -0.1) is 0 Å². The van der Waals surface area contributed by atoms with E-state index in [0.29, 0.717) is 5.41 Å². The van der Waals surface area contributed by atoms with Crippen molar-refractivity contribution in [3.05, 3.63) is 65.7 Å². The van der Waals surface area contributed by atoms with Crippen LogP contribution in [0, 0.1) is 23.7 Å². The van der Waals surface area contributed by atoms with E-state index < -0.39 is 12.1 Å². The summed E-state index contributed by atoms with van der Waals surface area (Å²) in [4.78, 5) is 25.6. The molecule has 4 saturated carbocycles. The van der Waals surface area contributed by atoms with E-state index in [9.17, 15) is 9.59 Å². The summed E-state index contributed by atoms with van der Waals surface area (Å²) in [6.45, 7) is 4.16. The molecule has 0 spiro atoms. The zero-order valence-electron chi connectivity index (χ0n) is 21.0. The standard InChI is InChI=1S/C30H38N2O3/c1-3-20(2)27(32-29(34)35-19-21-7-5-4-6-8-21)28(33)31-26-11-9-25(10-12-26)30-16-22-13-23(17-30)15-24(14-22)18-30/h4-12,20,22-24,27H,3,13-19H2,1-2H3,(H,31,33)(H,32,34)/t20-,22?,23?,24?,27-,30?/m0/s1. The molecule has 186 valence electrons. The van der Waals surface area contributed by atoms with Crippen molar-refractivity contribution in [2.45, 2.75) is 76.9 Å². The molecule has 0 radical (unpaired) electrons. The molecular weight excluding hydrogens is 436 g/mol. The highest BCUT2D eigenvalue weighted by Gasteiger charge is 2.51. The van der Waals surface area contributed by atoms with Crippen molar-refractivity contribution in [1.82, 2.24) is 5.32 Å². The molecule has 2 aromatic carbocycles. The van der Waals surface area contributed by atoms with Crippen molar-refractivity contribution in [1.29, 1.82) is 0 Å². The number of carbonyl (C=O) groups excluding carboxylic acids is 2. The van der Waals surface area contributed by atoms with Crippen LogP contribution >= 0.6 is 0 Å². The van der Waals surface area contributed by atoms with Gasteiger partial charge in [0.2, 0.25) is 5.91 Å². The van der Waals surface area contributed by atoms with Crippen LogP contribution in [0.1, 0.15) is 69.9 Å². The quantitative estimate of drug-likeness (QED) is 0.463. The third-order valence-corrected chi connectivity index (χ3v) is 8.78. The Kier molecular flexibility index (Phi) is 6.86. The molecule has 5 nitrogen and oxygen atoms in total. The molecule has 5 heteroatoms. The maximum Gasteiger partial charge on any atom is 0.408 e. The molecule has 6 rings (SSSR count). The van der Waals surface area contributed by atoms with Gasteiger partial charge in [-0.2, -0.15) is 0 Å². The summed E-state index contributed by atoms with van der Waals surface area (Å²) >= 11 is 0. The predicted octanol–water partition coefficient (Wildman–Crippen LogP) is 6.43. The second-order valence-electron chi connectivity index (χ2n) is 11.3. The molecule has 0 heterocycles. The van der Waals surface area contributed by atoms with Gasteiger partial charge in [-0.1, -0.05) is 62.7 Å². The van der Waals surface area contributed by atoms with E-state index in [2.05, 4.69) is 22.8 Å². The first-order valence-corrected chi connectivity index (χ1v) is 13.3. The number of amides is 2. The normalized spacial score (nSPS) is 28.2. The summed E-state index contributed by atoms with van der Waals surface area (Å²) in [6, 6.07) is 17.4. The first kappa shape index (κ1) is 23.9. The average molecular weight is 475 g/mol. The van der Waals surface area contributed by atoms with Crippen LogP contribution in [0.25, 0.3) is 0 Å². The van der Waals surface area contributed by atoms with Crippen LogP contribution in [-0.2, 0) is 21.6 Å². The lowest BCUT2D eigenvalue weighted by molar-refractivity contribution is -0.119. The molecule has 4 aliphatic rings. The predicted molar refractivity (Wildman–Crippen MR) is 138 cm³/mol. The molecule has 0 aliphatic heterocycles. The number of anilines is 1. The van der Waals surface area contributed by atoms with E-state index >= 15 is 0 Å². The van der Waals surface area contributed by atoms with Gasteiger partial charge in [-0.25, -0.2) is 4.79 Å². The van der Waals surface area contributed by atoms with E-state index in [1.807, 2.05) is 56.3 Å². The first-order chi connectivity index (χ1) is 16.9. The lowest BCUT2D eigenvalue weighted by atomic mass is 9.48. The molecule has 4 bridgehead atoms. The van der Waals surface area contributed by atoms with E-state index in [-0.39, 0.29) is 18.4 Å². The smallest absolute Gasteiger partial charge is 0.408 e. The number of carbonyl (C=O) groups is 2. The van der Waals surface area contributed by atoms with Crippen LogP contribution in [0.3, 0.4) is 0 Å². The zero-order valence-corrected chi connectivity index (χ0v) is 21.0. The number of ether oxygens (including phenoxy) is 1. The number of alkyl carbamates (subject to hydrolysis) is 1. The van der Waals surface area contributed by atoms with Crippen molar-refractivity contribution in [3.63, 3.8) is 0 Å². The highest BCUT2D eigenvalue weighted by Crippen LogP contribution is 2.60. The molecule has 35 heavy (non-hydrogen) atoms. The van der Waals surface area contributed by atoms with Gasteiger partial charge < -0.3 is 15.4 Å². The second kappa shape index (κ2) is 10.0. The van der Waals surface area contributed by atoms with Gasteiger partial charge in [0.05, 0.1) is 0 Å². The molecule has 4 fully saturated rings.